The number of carbonyl (C=O) groups is 1. The van der Waals surface area contributed by atoms with Crippen LogP contribution in [0.5, 0.6) is 0 Å². The van der Waals surface area contributed by atoms with E-state index in [0.29, 0.717) is 29.4 Å². The van der Waals surface area contributed by atoms with Crippen molar-refractivity contribution in [3.05, 3.63) is 48.8 Å². The normalized spacial score (nSPS) is 22.2. The highest BCUT2D eigenvalue weighted by Gasteiger charge is 2.47. The minimum Gasteiger partial charge on any atom is -0.387 e. The molecule has 0 bridgehead atoms. The number of hydrogen-bond acceptors (Lipinski definition) is 9. The Balaban J connectivity index is 1.54. The number of rotatable bonds is 6. The predicted octanol–water partition coefficient (Wildman–Crippen LogP) is 2.02. The summed E-state index contributed by atoms with van der Waals surface area (Å²) in [6, 6.07) is 14.0. The number of hydrogen-bond donors (Lipinski definition) is 4. The molecule has 1 aliphatic rings. The number of aliphatic hydroxyl groups excluding tert-OH is 2. The number of anilines is 1. The lowest BCUT2D eigenvalue weighted by Crippen LogP contribution is -2.42. The monoisotopic (exact) mass is 480 g/mol. The molecule has 1 amide bonds. The van der Waals surface area contributed by atoms with Gasteiger partial charge in [-0.3, -0.25) is 9.36 Å². The molecule has 10 nitrogen and oxygen atoms in total. The van der Waals surface area contributed by atoms with Crippen molar-refractivity contribution in [1.29, 1.82) is 0 Å². The van der Waals surface area contributed by atoms with E-state index < -0.39 is 30.4 Å². The standard InChI is InChI=1S/C23H24N6O4S/c1-3-25-22(32)18-16(30)17(31)23(33-18)29-11-26-15-20(24-2)27-19(28-21(15)29)14-10-9-13(34-14)12-7-5-4-6-8-12/h4-11,16-18,23,30-31H,3H2,1-2H3,(H,25,32)(H,24,27,28)/t16-,17+,18-,23+/m0/s1. The molecule has 4 N–H and O–H groups in total. The van der Waals surface area contributed by atoms with Gasteiger partial charge in [-0.1, -0.05) is 30.3 Å². The van der Waals surface area contributed by atoms with Gasteiger partial charge in [0.05, 0.1) is 11.2 Å². The zero-order valence-corrected chi connectivity index (χ0v) is 19.4. The molecule has 4 aromatic rings. The first-order chi connectivity index (χ1) is 16.5. The van der Waals surface area contributed by atoms with Crippen LogP contribution in [-0.2, 0) is 9.53 Å². The Morgan fingerprint density at radius 2 is 1.88 bits per heavy atom. The molecule has 1 aromatic carbocycles. The summed E-state index contributed by atoms with van der Waals surface area (Å²) in [4.78, 5) is 28.0. The number of carbonyl (C=O) groups excluding carboxylic acids is 1. The third-order valence-corrected chi connectivity index (χ3v) is 6.80. The van der Waals surface area contributed by atoms with Crippen LogP contribution in [0.15, 0.2) is 48.8 Å². The minimum atomic E-state index is -1.38. The average molecular weight is 481 g/mol. The lowest BCUT2D eigenvalue weighted by atomic mass is 10.1. The third-order valence-electron chi connectivity index (χ3n) is 5.66. The number of imidazole rings is 1. The summed E-state index contributed by atoms with van der Waals surface area (Å²) in [5, 5.41) is 26.7. The van der Waals surface area contributed by atoms with Crippen LogP contribution in [0.3, 0.4) is 0 Å². The molecule has 5 rings (SSSR count). The van der Waals surface area contributed by atoms with Crippen molar-refractivity contribution >= 4 is 34.2 Å². The van der Waals surface area contributed by atoms with Crippen molar-refractivity contribution in [3.8, 4) is 21.1 Å². The first-order valence-electron chi connectivity index (χ1n) is 10.9. The number of aromatic nitrogens is 4. The van der Waals surface area contributed by atoms with E-state index >= 15 is 0 Å². The zero-order valence-electron chi connectivity index (χ0n) is 18.5. The molecule has 34 heavy (non-hydrogen) atoms. The molecule has 0 aliphatic carbocycles. The summed E-state index contributed by atoms with van der Waals surface area (Å²) in [5.41, 5.74) is 2.00. The molecule has 0 spiro atoms. The maximum absolute atomic E-state index is 12.3. The van der Waals surface area contributed by atoms with E-state index in [1.807, 2.05) is 42.5 Å². The number of likely N-dealkylation sites (N-methyl/N-ethyl adjacent to an activating group) is 1. The molecule has 3 aromatic heterocycles. The summed E-state index contributed by atoms with van der Waals surface area (Å²) >= 11 is 1.56. The van der Waals surface area contributed by atoms with E-state index in [-0.39, 0.29) is 0 Å². The van der Waals surface area contributed by atoms with Crippen molar-refractivity contribution in [3.63, 3.8) is 0 Å². The lowest BCUT2D eigenvalue weighted by molar-refractivity contribution is -0.137. The molecule has 4 atom stereocenters. The van der Waals surface area contributed by atoms with E-state index in [4.69, 9.17) is 9.72 Å². The Hall–Kier alpha value is -3.38. The second-order valence-electron chi connectivity index (χ2n) is 7.82. The van der Waals surface area contributed by atoms with Gasteiger partial charge in [0.1, 0.15) is 12.2 Å². The zero-order chi connectivity index (χ0) is 23.8. The summed E-state index contributed by atoms with van der Waals surface area (Å²) in [6.07, 6.45) is -3.50. The molecule has 176 valence electrons. The Morgan fingerprint density at radius 3 is 2.62 bits per heavy atom. The number of nitrogens with zero attached hydrogens (tertiary/aromatic N) is 4. The first-order valence-corrected chi connectivity index (χ1v) is 11.7. The van der Waals surface area contributed by atoms with Gasteiger partial charge in [0.15, 0.2) is 35.1 Å². The van der Waals surface area contributed by atoms with Crippen molar-refractivity contribution in [2.75, 3.05) is 18.9 Å². The molecule has 1 aliphatic heterocycles. The number of nitrogens with one attached hydrogen (secondary N) is 2. The SMILES string of the molecule is CCNC(=O)[C@H]1O[C@@H](n2cnc3c(NC)nc(-c4ccc(-c5ccccc5)s4)nc32)[C@H](O)[C@@H]1O. The maximum atomic E-state index is 12.3. The van der Waals surface area contributed by atoms with E-state index in [9.17, 15) is 15.0 Å². The summed E-state index contributed by atoms with van der Waals surface area (Å²) in [7, 11) is 1.74. The average Bonchev–Trinajstić information content (AvgIpc) is 3.58. The molecule has 0 saturated carbocycles. The number of ether oxygens (including phenoxy) is 1. The van der Waals surface area contributed by atoms with E-state index in [1.165, 1.54) is 10.9 Å². The summed E-state index contributed by atoms with van der Waals surface area (Å²) in [6.45, 7) is 2.15. The second-order valence-corrected chi connectivity index (χ2v) is 8.91. The number of benzene rings is 1. The predicted molar refractivity (Wildman–Crippen MR) is 128 cm³/mol. The van der Waals surface area contributed by atoms with Crippen LogP contribution >= 0.6 is 11.3 Å². The van der Waals surface area contributed by atoms with Gasteiger partial charge in [0.25, 0.3) is 5.91 Å². The Kier molecular flexibility index (Phi) is 6.00. The van der Waals surface area contributed by atoms with Gasteiger partial charge in [-0.25, -0.2) is 15.0 Å². The number of fused-ring (bicyclic) bond motifs is 1. The highest BCUT2D eigenvalue weighted by atomic mass is 32.1. The molecular formula is C23H24N6O4S. The van der Waals surface area contributed by atoms with E-state index in [2.05, 4.69) is 20.6 Å². The van der Waals surface area contributed by atoms with Crippen LogP contribution in [0.2, 0.25) is 0 Å². The highest BCUT2D eigenvalue weighted by Crippen LogP contribution is 2.36. The Morgan fingerprint density at radius 1 is 1.12 bits per heavy atom. The summed E-state index contributed by atoms with van der Waals surface area (Å²) < 4.78 is 7.29. The quantitative estimate of drug-likeness (QED) is 0.329. The van der Waals surface area contributed by atoms with Gasteiger partial charge >= 0.3 is 0 Å². The maximum Gasteiger partial charge on any atom is 0.252 e. The number of aliphatic hydroxyl groups is 2. The Bertz CT molecular complexity index is 1320. The molecular weight excluding hydrogens is 456 g/mol. The first kappa shape index (κ1) is 22.4. The fourth-order valence-electron chi connectivity index (χ4n) is 3.98. The molecule has 0 radical (unpaired) electrons. The van der Waals surface area contributed by atoms with E-state index in [0.717, 1.165) is 15.3 Å². The van der Waals surface area contributed by atoms with Crippen LogP contribution in [-0.4, -0.2) is 67.5 Å². The topological polar surface area (TPSA) is 134 Å². The van der Waals surface area contributed by atoms with Crippen LogP contribution in [0.1, 0.15) is 13.2 Å². The van der Waals surface area contributed by atoms with Gasteiger partial charge in [0, 0.05) is 18.5 Å². The fraction of sp³-hybridized carbons (Fsp3) is 0.304. The number of amides is 1. The van der Waals surface area contributed by atoms with Gasteiger partial charge < -0.3 is 25.6 Å². The molecule has 1 fully saturated rings. The largest absolute Gasteiger partial charge is 0.387 e. The van der Waals surface area contributed by atoms with Crippen molar-refractivity contribution in [2.45, 2.75) is 31.5 Å². The van der Waals surface area contributed by atoms with Gasteiger partial charge in [-0.05, 0) is 24.6 Å². The molecule has 1 saturated heterocycles. The van der Waals surface area contributed by atoms with Gasteiger partial charge in [-0.15, -0.1) is 11.3 Å². The van der Waals surface area contributed by atoms with Crippen LogP contribution in [0.4, 0.5) is 5.82 Å². The lowest BCUT2D eigenvalue weighted by Gasteiger charge is -2.16. The van der Waals surface area contributed by atoms with E-state index in [1.54, 1.807) is 25.3 Å². The number of thiophene rings is 1. The second kappa shape index (κ2) is 9.11. The van der Waals surface area contributed by atoms with Crippen LogP contribution in [0, 0.1) is 0 Å². The molecule has 0 unspecified atom stereocenters. The van der Waals surface area contributed by atoms with Crippen LogP contribution in [0.25, 0.3) is 32.3 Å². The summed E-state index contributed by atoms with van der Waals surface area (Å²) in [5.74, 6) is 0.514. The van der Waals surface area contributed by atoms with Crippen molar-refractivity contribution in [2.24, 2.45) is 0 Å². The van der Waals surface area contributed by atoms with Gasteiger partial charge in [-0.2, -0.15) is 0 Å². The van der Waals surface area contributed by atoms with Crippen LogP contribution < -0.4 is 10.6 Å². The minimum absolute atomic E-state index is 0.383. The van der Waals surface area contributed by atoms with Crippen molar-refractivity contribution in [1.82, 2.24) is 24.8 Å². The Labute approximate surface area is 199 Å². The smallest absolute Gasteiger partial charge is 0.252 e. The van der Waals surface area contributed by atoms with Crippen molar-refractivity contribution < 1.29 is 19.7 Å². The fourth-order valence-corrected chi connectivity index (χ4v) is 4.93. The molecule has 11 heteroatoms. The van der Waals surface area contributed by atoms with Gasteiger partial charge in [0.2, 0.25) is 0 Å². The highest BCUT2D eigenvalue weighted by molar-refractivity contribution is 7.18. The molecule has 4 heterocycles. The third kappa shape index (κ3) is 3.82.